The molecule has 0 atom stereocenters. The van der Waals surface area contributed by atoms with Crippen LogP contribution in [0.2, 0.25) is 0 Å². The number of ether oxygens (including phenoxy) is 6. The van der Waals surface area contributed by atoms with Gasteiger partial charge in [-0.15, -0.1) is 0 Å². The van der Waals surface area contributed by atoms with Gasteiger partial charge in [0.05, 0.1) is 42.7 Å². The maximum Gasteiger partial charge on any atom is 0.211 e. The molecule has 2 aromatic rings. The monoisotopic (exact) mass is 417 g/mol. The molecule has 0 spiro atoms. The summed E-state index contributed by atoms with van der Waals surface area (Å²) in [6.45, 7) is 2.65. The Hall–Kier alpha value is -2.80. The maximum atomic E-state index is 5.71. The van der Waals surface area contributed by atoms with Crippen molar-refractivity contribution in [3.8, 4) is 34.5 Å². The van der Waals surface area contributed by atoms with Crippen molar-refractivity contribution in [3.63, 3.8) is 0 Å². The Bertz CT molecular complexity index is 835. The van der Waals surface area contributed by atoms with Crippen molar-refractivity contribution >= 4 is 0 Å². The van der Waals surface area contributed by atoms with Gasteiger partial charge in [-0.1, -0.05) is 12.1 Å². The van der Waals surface area contributed by atoms with Gasteiger partial charge in [0.25, 0.3) is 0 Å². The molecule has 3 rings (SSSR count). The van der Waals surface area contributed by atoms with E-state index in [2.05, 4.69) is 17.0 Å². The molecule has 0 saturated heterocycles. The molecule has 164 valence electrons. The minimum Gasteiger partial charge on any atom is -0.496 e. The number of fused-ring (bicyclic) bond motifs is 1. The molecule has 1 aliphatic rings. The molecule has 0 aromatic heterocycles. The normalized spacial score (nSPS) is 13.4. The Morgan fingerprint density at radius 1 is 0.733 bits per heavy atom. The number of hydrogen-bond donors (Lipinski definition) is 0. The highest BCUT2D eigenvalue weighted by molar-refractivity contribution is 5.70. The largest absolute Gasteiger partial charge is 0.496 e. The van der Waals surface area contributed by atoms with Crippen LogP contribution < -0.4 is 28.4 Å². The smallest absolute Gasteiger partial charge is 0.211 e. The van der Waals surface area contributed by atoms with Crippen LogP contribution in [0.3, 0.4) is 0 Å². The Kier molecular flexibility index (Phi) is 7.15. The molecule has 1 heterocycles. The van der Waals surface area contributed by atoms with E-state index in [1.165, 1.54) is 11.1 Å². The van der Waals surface area contributed by atoms with Gasteiger partial charge in [0, 0.05) is 30.8 Å². The molecular weight excluding hydrogens is 386 g/mol. The minimum absolute atomic E-state index is 0.453. The highest BCUT2D eigenvalue weighted by atomic mass is 16.6. The summed E-state index contributed by atoms with van der Waals surface area (Å²) >= 11 is 0. The second-order valence-electron chi connectivity index (χ2n) is 7.02. The highest BCUT2D eigenvalue weighted by Gasteiger charge is 2.29. The molecule has 2 aromatic carbocycles. The summed E-state index contributed by atoms with van der Waals surface area (Å²) in [5.74, 6) is 3.59. The fourth-order valence-corrected chi connectivity index (χ4v) is 4.16. The first-order valence-corrected chi connectivity index (χ1v) is 9.93. The van der Waals surface area contributed by atoms with E-state index in [9.17, 15) is 0 Å². The van der Waals surface area contributed by atoms with Gasteiger partial charge in [0.2, 0.25) is 17.2 Å². The second kappa shape index (κ2) is 9.80. The Labute approximate surface area is 178 Å². The quantitative estimate of drug-likeness (QED) is 0.620. The van der Waals surface area contributed by atoms with Gasteiger partial charge in [-0.25, -0.2) is 0 Å². The Morgan fingerprint density at radius 3 is 1.83 bits per heavy atom. The molecular formula is C23H31NO6. The molecule has 0 N–H and O–H groups in total. The van der Waals surface area contributed by atoms with E-state index in [1.54, 1.807) is 42.7 Å². The second-order valence-corrected chi connectivity index (χ2v) is 7.02. The van der Waals surface area contributed by atoms with Gasteiger partial charge in [0.15, 0.2) is 11.5 Å². The van der Waals surface area contributed by atoms with Crippen LogP contribution in [0, 0.1) is 0 Å². The van der Waals surface area contributed by atoms with E-state index in [-0.39, 0.29) is 0 Å². The van der Waals surface area contributed by atoms with Gasteiger partial charge < -0.3 is 28.4 Å². The summed E-state index contributed by atoms with van der Waals surface area (Å²) in [4.78, 5) is 2.41. The fraction of sp³-hybridized carbons (Fsp3) is 0.478. The lowest BCUT2D eigenvalue weighted by Gasteiger charge is -2.30. The first-order chi connectivity index (χ1) is 14.6. The zero-order valence-corrected chi connectivity index (χ0v) is 18.7. The maximum absolute atomic E-state index is 5.71. The van der Waals surface area contributed by atoms with Crippen LogP contribution >= 0.6 is 0 Å². The van der Waals surface area contributed by atoms with Crippen LogP contribution in [0.15, 0.2) is 18.2 Å². The molecule has 1 aliphatic heterocycles. The summed E-state index contributed by atoms with van der Waals surface area (Å²) in [5, 5.41) is 0. The summed E-state index contributed by atoms with van der Waals surface area (Å²) in [5.41, 5.74) is 3.50. The van der Waals surface area contributed by atoms with Crippen molar-refractivity contribution in [1.82, 2.24) is 4.90 Å². The number of hydrogen-bond acceptors (Lipinski definition) is 7. The van der Waals surface area contributed by atoms with Crippen molar-refractivity contribution in [2.45, 2.75) is 19.4 Å². The Morgan fingerprint density at radius 2 is 1.30 bits per heavy atom. The number of benzene rings is 2. The van der Waals surface area contributed by atoms with Crippen molar-refractivity contribution in [1.29, 1.82) is 0 Å². The van der Waals surface area contributed by atoms with Crippen LogP contribution in [0.25, 0.3) is 0 Å². The van der Waals surface area contributed by atoms with E-state index in [0.717, 1.165) is 37.4 Å². The van der Waals surface area contributed by atoms with Crippen LogP contribution in [0.1, 0.15) is 16.7 Å². The van der Waals surface area contributed by atoms with Crippen molar-refractivity contribution in [2.24, 2.45) is 0 Å². The predicted molar refractivity (Wildman–Crippen MR) is 115 cm³/mol. The third-order valence-electron chi connectivity index (χ3n) is 5.60. The third-order valence-corrected chi connectivity index (χ3v) is 5.60. The molecule has 0 fully saturated rings. The summed E-state index contributed by atoms with van der Waals surface area (Å²) in [6.07, 6.45) is 1.70. The number of rotatable bonds is 9. The standard InChI is InChI=1S/C23H31NO6/c1-25-18-9-7-8-15-10-12-24(14-17(15)18)13-11-16-19(26-2)21(28-4)23(30-6)22(29-5)20(16)27-3/h7-9H,10-14H2,1-6H3. The zero-order valence-electron chi connectivity index (χ0n) is 18.7. The summed E-state index contributed by atoms with van der Waals surface area (Å²) in [7, 11) is 9.70. The van der Waals surface area contributed by atoms with E-state index in [4.69, 9.17) is 28.4 Å². The number of nitrogens with zero attached hydrogens (tertiary/aromatic N) is 1. The first kappa shape index (κ1) is 21.9. The Balaban J connectivity index is 1.91. The lowest BCUT2D eigenvalue weighted by Crippen LogP contribution is -2.32. The van der Waals surface area contributed by atoms with Gasteiger partial charge in [0.1, 0.15) is 5.75 Å². The third kappa shape index (κ3) is 3.94. The van der Waals surface area contributed by atoms with Gasteiger partial charge in [-0.3, -0.25) is 4.90 Å². The SMILES string of the molecule is COc1cccc2c1CN(CCc1c(OC)c(OC)c(OC)c(OC)c1OC)CC2. The lowest BCUT2D eigenvalue weighted by molar-refractivity contribution is 0.246. The van der Waals surface area contributed by atoms with Crippen molar-refractivity contribution < 1.29 is 28.4 Å². The molecule has 0 saturated carbocycles. The summed E-state index contributed by atoms with van der Waals surface area (Å²) < 4.78 is 33.7. The van der Waals surface area contributed by atoms with Crippen LogP contribution in [0.4, 0.5) is 0 Å². The first-order valence-electron chi connectivity index (χ1n) is 9.93. The molecule has 0 aliphatic carbocycles. The van der Waals surface area contributed by atoms with Crippen LogP contribution in [0.5, 0.6) is 34.5 Å². The van der Waals surface area contributed by atoms with E-state index >= 15 is 0 Å². The fourth-order valence-electron chi connectivity index (χ4n) is 4.16. The molecule has 0 radical (unpaired) electrons. The van der Waals surface area contributed by atoms with Crippen molar-refractivity contribution in [3.05, 3.63) is 34.9 Å². The van der Waals surface area contributed by atoms with Gasteiger partial charge in [-0.2, -0.15) is 0 Å². The van der Waals surface area contributed by atoms with Crippen molar-refractivity contribution in [2.75, 3.05) is 55.7 Å². The average molecular weight is 418 g/mol. The average Bonchev–Trinajstić information content (AvgIpc) is 2.80. The molecule has 7 heteroatoms. The van der Waals surface area contributed by atoms with Gasteiger partial charge >= 0.3 is 0 Å². The predicted octanol–water partition coefficient (Wildman–Crippen LogP) is 3.34. The molecule has 0 amide bonds. The van der Waals surface area contributed by atoms with E-state index < -0.39 is 0 Å². The van der Waals surface area contributed by atoms with Crippen LogP contribution in [-0.4, -0.2) is 60.6 Å². The highest BCUT2D eigenvalue weighted by Crippen LogP contribution is 2.53. The zero-order chi connectivity index (χ0) is 21.7. The molecule has 0 bridgehead atoms. The summed E-state index contributed by atoms with van der Waals surface area (Å²) in [6, 6.07) is 6.26. The van der Waals surface area contributed by atoms with Gasteiger partial charge in [-0.05, 0) is 24.5 Å². The number of methoxy groups -OCH3 is 6. The lowest BCUT2D eigenvalue weighted by atomic mass is 9.98. The van der Waals surface area contributed by atoms with E-state index in [1.807, 2.05) is 6.07 Å². The molecule has 7 nitrogen and oxygen atoms in total. The molecule has 30 heavy (non-hydrogen) atoms. The van der Waals surface area contributed by atoms with E-state index in [0.29, 0.717) is 35.2 Å². The minimum atomic E-state index is 0.453. The van der Waals surface area contributed by atoms with Crippen LogP contribution in [-0.2, 0) is 19.4 Å². The topological polar surface area (TPSA) is 58.6 Å². The molecule has 0 unspecified atom stereocenters.